The van der Waals surface area contributed by atoms with E-state index in [1.54, 1.807) is 0 Å². The second-order valence-corrected chi connectivity index (χ2v) is 3.36. The van der Waals surface area contributed by atoms with E-state index in [2.05, 4.69) is 4.74 Å². The number of rotatable bonds is 4. The van der Waals surface area contributed by atoms with Crippen LogP contribution in [0.3, 0.4) is 0 Å². The highest BCUT2D eigenvalue weighted by atomic mass is 35.5. The fourth-order valence-electron chi connectivity index (χ4n) is 1.33. The van der Waals surface area contributed by atoms with Crippen molar-refractivity contribution < 1.29 is 23.4 Å². The van der Waals surface area contributed by atoms with E-state index in [-0.39, 0.29) is 24.6 Å². The van der Waals surface area contributed by atoms with Crippen molar-refractivity contribution in [3.05, 3.63) is 29.6 Å². The lowest BCUT2D eigenvalue weighted by atomic mass is 10.0. The maximum absolute atomic E-state index is 13.5. The van der Waals surface area contributed by atoms with Gasteiger partial charge in [0, 0.05) is 5.56 Å². The molecule has 0 aliphatic heterocycles. The quantitative estimate of drug-likeness (QED) is 0.826. The molecule has 0 bridgehead atoms. The van der Waals surface area contributed by atoms with E-state index in [1.165, 1.54) is 19.1 Å². The fraction of sp³-hybridized carbons (Fsp3) is 0.364. The molecule has 1 aromatic rings. The Hall–Kier alpha value is -1.40. The van der Waals surface area contributed by atoms with Crippen molar-refractivity contribution in [2.75, 3.05) is 6.61 Å². The maximum Gasteiger partial charge on any atom is 0.342 e. The molecule has 4 nitrogen and oxygen atoms in total. The number of ether oxygens (including phenoxy) is 1. The number of hydrogen-bond donors (Lipinski definition) is 2. The summed E-state index contributed by atoms with van der Waals surface area (Å²) in [6.45, 7) is 1.54. The van der Waals surface area contributed by atoms with Crippen molar-refractivity contribution in [1.82, 2.24) is 0 Å². The summed E-state index contributed by atoms with van der Waals surface area (Å²) in [6, 6.07) is 2.05. The van der Waals surface area contributed by atoms with Crippen LogP contribution in [0.15, 0.2) is 18.2 Å². The molecule has 18 heavy (non-hydrogen) atoms. The van der Waals surface area contributed by atoms with Crippen LogP contribution < -0.4 is 5.73 Å². The van der Waals surface area contributed by atoms with Gasteiger partial charge in [0.05, 0.1) is 12.6 Å². The Bertz CT molecular complexity index is 417. The monoisotopic (exact) mass is 281 g/mol. The number of hydrogen-bond acceptors (Lipinski definition) is 4. The third-order valence-electron chi connectivity index (χ3n) is 2.20. The number of phenolic OH excluding ortho intramolecular Hbond substituents is 1. The standard InChI is InChI=1S/C11H13F2NO3.ClH/c1-2-17-11(16)8(13)9(14)6-4-3-5-7(12)10(6)15;/h3-5,8-9,15H,2,14H2,1H3;1H/t8?,9-;/m1./s1. The number of aromatic hydroxyl groups is 1. The van der Waals surface area contributed by atoms with Gasteiger partial charge in [-0.2, -0.15) is 0 Å². The molecular weight excluding hydrogens is 268 g/mol. The van der Waals surface area contributed by atoms with E-state index in [4.69, 9.17) is 5.73 Å². The number of alkyl halides is 1. The topological polar surface area (TPSA) is 72.5 Å². The van der Waals surface area contributed by atoms with Gasteiger partial charge in [0.2, 0.25) is 6.17 Å². The zero-order valence-electron chi connectivity index (χ0n) is 9.60. The van der Waals surface area contributed by atoms with Gasteiger partial charge in [-0.3, -0.25) is 0 Å². The summed E-state index contributed by atoms with van der Waals surface area (Å²) in [5.41, 5.74) is 5.26. The Morgan fingerprint density at radius 3 is 2.72 bits per heavy atom. The molecule has 7 heteroatoms. The average Bonchev–Trinajstić information content (AvgIpc) is 2.31. The van der Waals surface area contributed by atoms with Crippen LogP contribution in [0.5, 0.6) is 5.75 Å². The highest BCUT2D eigenvalue weighted by molar-refractivity contribution is 5.85. The van der Waals surface area contributed by atoms with Gasteiger partial charge in [-0.25, -0.2) is 13.6 Å². The van der Waals surface area contributed by atoms with Gasteiger partial charge in [0.1, 0.15) is 0 Å². The van der Waals surface area contributed by atoms with E-state index < -0.39 is 29.7 Å². The molecule has 1 rings (SSSR count). The summed E-state index contributed by atoms with van der Waals surface area (Å²) >= 11 is 0. The SMILES string of the molecule is CCOC(=O)C(F)[C@H](N)c1cccc(F)c1O.Cl. The molecule has 0 aromatic heterocycles. The first-order valence-electron chi connectivity index (χ1n) is 5.02. The lowest BCUT2D eigenvalue weighted by molar-refractivity contribution is -0.149. The molecule has 102 valence electrons. The molecule has 0 saturated carbocycles. The Labute approximate surface area is 109 Å². The predicted molar refractivity (Wildman–Crippen MR) is 63.8 cm³/mol. The highest BCUT2D eigenvalue weighted by Crippen LogP contribution is 2.28. The molecule has 0 radical (unpaired) electrons. The molecule has 0 spiro atoms. The largest absolute Gasteiger partial charge is 0.505 e. The first-order valence-corrected chi connectivity index (χ1v) is 5.02. The molecule has 0 aliphatic rings. The second kappa shape index (κ2) is 7.13. The molecule has 0 amide bonds. The molecule has 0 saturated heterocycles. The van der Waals surface area contributed by atoms with E-state index in [0.717, 1.165) is 6.07 Å². The summed E-state index contributed by atoms with van der Waals surface area (Å²) in [6.07, 6.45) is -2.15. The number of nitrogens with two attached hydrogens (primary N) is 1. The minimum atomic E-state index is -2.15. The first kappa shape index (κ1) is 16.6. The number of phenols is 1. The van der Waals surface area contributed by atoms with Gasteiger partial charge in [0.15, 0.2) is 11.6 Å². The summed E-state index contributed by atoms with van der Waals surface area (Å²) in [4.78, 5) is 11.1. The molecular formula is C11H14ClF2NO3. The van der Waals surface area contributed by atoms with Crippen LogP contribution in [0, 0.1) is 5.82 Å². The molecule has 0 aliphatic carbocycles. The van der Waals surface area contributed by atoms with E-state index in [1.807, 2.05) is 0 Å². The normalized spacial score (nSPS) is 13.3. The first-order chi connectivity index (χ1) is 7.99. The van der Waals surface area contributed by atoms with Crippen molar-refractivity contribution >= 4 is 18.4 Å². The molecule has 1 unspecified atom stereocenters. The van der Waals surface area contributed by atoms with Gasteiger partial charge in [-0.05, 0) is 13.0 Å². The summed E-state index contributed by atoms with van der Waals surface area (Å²) in [7, 11) is 0. The highest BCUT2D eigenvalue weighted by Gasteiger charge is 2.30. The van der Waals surface area contributed by atoms with Gasteiger partial charge >= 0.3 is 5.97 Å². The van der Waals surface area contributed by atoms with Gasteiger partial charge in [-0.1, -0.05) is 12.1 Å². The van der Waals surface area contributed by atoms with Crippen LogP contribution in [0.25, 0.3) is 0 Å². The lowest BCUT2D eigenvalue weighted by Gasteiger charge is -2.16. The number of carbonyl (C=O) groups is 1. The minimum absolute atomic E-state index is 0. The summed E-state index contributed by atoms with van der Waals surface area (Å²) in [5.74, 6) is -2.82. The van der Waals surface area contributed by atoms with Crippen LogP contribution >= 0.6 is 12.4 Å². The van der Waals surface area contributed by atoms with Gasteiger partial charge in [0.25, 0.3) is 0 Å². The number of esters is 1. The Kier molecular flexibility index (Phi) is 6.57. The number of benzene rings is 1. The predicted octanol–water partition coefficient (Wildman–Crippen LogP) is 1.85. The smallest absolute Gasteiger partial charge is 0.342 e. The zero-order valence-corrected chi connectivity index (χ0v) is 10.4. The van der Waals surface area contributed by atoms with Crippen molar-refractivity contribution in [3.8, 4) is 5.75 Å². The number of para-hydroxylation sites is 1. The molecule has 3 N–H and O–H groups in total. The van der Waals surface area contributed by atoms with E-state index >= 15 is 0 Å². The van der Waals surface area contributed by atoms with Gasteiger partial charge in [-0.15, -0.1) is 12.4 Å². The summed E-state index contributed by atoms with van der Waals surface area (Å²) < 4.78 is 31.0. The Morgan fingerprint density at radius 1 is 1.56 bits per heavy atom. The average molecular weight is 282 g/mol. The van der Waals surface area contributed by atoms with Crippen molar-refractivity contribution in [3.63, 3.8) is 0 Å². The number of halogens is 3. The molecule has 0 fully saturated rings. The van der Waals surface area contributed by atoms with Gasteiger partial charge < -0.3 is 15.6 Å². The van der Waals surface area contributed by atoms with Crippen LogP contribution in [-0.2, 0) is 9.53 Å². The maximum atomic E-state index is 13.5. The van der Waals surface area contributed by atoms with Crippen LogP contribution in [0.2, 0.25) is 0 Å². The van der Waals surface area contributed by atoms with Crippen LogP contribution in [0.1, 0.15) is 18.5 Å². The zero-order chi connectivity index (χ0) is 13.0. The van der Waals surface area contributed by atoms with Crippen molar-refractivity contribution in [1.29, 1.82) is 0 Å². The molecule has 0 heterocycles. The molecule has 1 aromatic carbocycles. The third kappa shape index (κ3) is 3.54. The fourth-order valence-corrected chi connectivity index (χ4v) is 1.33. The second-order valence-electron chi connectivity index (χ2n) is 3.36. The Balaban J connectivity index is 0.00000289. The summed E-state index contributed by atoms with van der Waals surface area (Å²) in [5, 5.41) is 9.35. The molecule has 2 atom stereocenters. The Morgan fingerprint density at radius 2 is 2.17 bits per heavy atom. The lowest BCUT2D eigenvalue weighted by Crippen LogP contribution is -2.31. The van der Waals surface area contributed by atoms with E-state index in [0.29, 0.717) is 0 Å². The van der Waals surface area contributed by atoms with Crippen LogP contribution in [0.4, 0.5) is 8.78 Å². The van der Waals surface area contributed by atoms with Crippen LogP contribution in [-0.4, -0.2) is 23.9 Å². The number of carbonyl (C=O) groups excluding carboxylic acids is 1. The van der Waals surface area contributed by atoms with E-state index in [9.17, 15) is 18.7 Å². The van der Waals surface area contributed by atoms with Crippen molar-refractivity contribution in [2.45, 2.75) is 19.1 Å². The van der Waals surface area contributed by atoms with Crippen molar-refractivity contribution in [2.24, 2.45) is 5.73 Å². The third-order valence-corrected chi connectivity index (χ3v) is 2.20. The minimum Gasteiger partial charge on any atom is -0.505 e.